The van der Waals surface area contributed by atoms with Crippen LogP contribution in [0.5, 0.6) is 0 Å². The Labute approximate surface area is 105 Å². The zero-order valence-corrected chi connectivity index (χ0v) is 10.1. The maximum absolute atomic E-state index is 8.77. The highest BCUT2D eigenvalue weighted by Gasteiger charge is 2.05. The van der Waals surface area contributed by atoms with E-state index in [2.05, 4.69) is 14.5 Å². The van der Waals surface area contributed by atoms with Crippen LogP contribution in [0.4, 0.5) is 0 Å². The van der Waals surface area contributed by atoms with Crippen molar-refractivity contribution in [2.45, 2.75) is 19.4 Å². The van der Waals surface area contributed by atoms with Crippen LogP contribution in [0.25, 0.3) is 11.4 Å². The van der Waals surface area contributed by atoms with Gasteiger partial charge in [0.15, 0.2) is 0 Å². The standard InChI is InChI=1S/C12H14ClN3O/c13-12-8-10(14-9-15-12)11-4-3-6-16(11)5-1-2-7-17/h3-4,6,8-9,17H,1-2,5,7H2. The van der Waals surface area contributed by atoms with E-state index in [1.54, 1.807) is 6.07 Å². The molecular formula is C12H14ClN3O. The van der Waals surface area contributed by atoms with E-state index in [1.165, 1.54) is 6.33 Å². The van der Waals surface area contributed by atoms with Gasteiger partial charge < -0.3 is 9.67 Å². The lowest BCUT2D eigenvalue weighted by atomic mass is 10.3. The zero-order chi connectivity index (χ0) is 12.1. The summed E-state index contributed by atoms with van der Waals surface area (Å²) < 4.78 is 2.11. The SMILES string of the molecule is OCCCCn1cccc1-c1cc(Cl)ncn1. The molecule has 2 aromatic heterocycles. The maximum atomic E-state index is 8.77. The van der Waals surface area contributed by atoms with Crippen LogP contribution in [0.3, 0.4) is 0 Å². The van der Waals surface area contributed by atoms with Gasteiger partial charge in [-0.15, -0.1) is 0 Å². The number of halogens is 1. The Kier molecular flexibility index (Phi) is 4.12. The molecule has 0 aliphatic heterocycles. The molecule has 4 nitrogen and oxygen atoms in total. The first-order valence-corrected chi connectivity index (χ1v) is 5.93. The minimum Gasteiger partial charge on any atom is -0.396 e. The summed E-state index contributed by atoms with van der Waals surface area (Å²) in [6.45, 7) is 1.10. The number of aliphatic hydroxyl groups excluding tert-OH is 1. The van der Waals surface area contributed by atoms with Crippen molar-refractivity contribution in [3.05, 3.63) is 35.9 Å². The third kappa shape index (κ3) is 3.05. The van der Waals surface area contributed by atoms with Gasteiger partial charge in [-0.1, -0.05) is 11.6 Å². The van der Waals surface area contributed by atoms with E-state index in [0.717, 1.165) is 30.8 Å². The summed E-state index contributed by atoms with van der Waals surface area (Å²) >= 11 is 5.85. The smallest absolute Gasteiger partial charge is 0.133 e. The van der Waals surface area contributed by atoms with Crippen molar-refractivity contribution in [1.29, 1.82) is 0 Å². The number of nitrogens with zero attached hydrogens (tertiary/aromatic N) is 3. The summed E-state index contributed by atoms with van der Waals surface area (Å²) in [7, 11) is 0. The van der Waals surface area contributed by atoms with Crippen molar-refractivity contribution < 1.29 is 5.11 Å². The second-order valence-electron chi connectivity index (χ2n) is 3.74. The van der Waals surface area contributed by atoms with E-state index in [9.17, 15) is 0 Å². The Morgan fingerprint density at radius 3 is 2.94 bits per heavy atom. The van der Waals surface area contributed by atoms with Crippen LogP contribution in [0, 0.1) is 0 Å². The van der Waals surface area contributed by atoms with Crippen molar-refractivity contribution in [3.8, 4) is 11.4 Å². The van der Waals surface area contributed by atoms with Gasteiger partial charge in [-0.25, -0.2) is 9.97 Å². The van der Waals surface area contributed by atoms with Gasteiger partial charge in [-0.05, 0) is 25.0 Å². The normalized spacial score (nSPS) is 10.7. The van der Waals surface area contributed by atoms with Crippen LogP contribution in [-0.2, 0) is 6.54 Å². The van der Waals surface area contributed by atoms with Gasteiger partial charge >= 0.3 is 0 Å². The zero-order valence-electron chi connectivity index (χ0n) is 9.38. The number of aliphatic hydroxyl groups is 1. The third-order valence-corrected chi connectivity index (χ3v) is 2.74. The lowest BCUT2D eigenvalue weighted by molar-refractivity contribution is 0.281. The number of unbranched alkanes of at least 4 members (excludes halogenated alkanes) is 1. The van der Waals surface area contributed by atoms with E-state index >= 15 is 0 Å². The van der Waals surface area contributed by atoms with Gasteiger partial charge in [-0.3, -0.25) is 0 Å². The quantitative estimate of drug-likeness (QED) is 0.656. The summed E-state index contributed by atoms with van der Waals surface area (Å²) in [5, 5.41) is 9.21. The summed E-state index contributed by atoms with van der Waals surface area (Å²) in [5.74, 6) is 0. The minimum absolute atomic E-state index is 0.232. The molecule has 0 saturated heterocycles. The first-order chi connectivity index (χ1) is 8.31. The minimum atomic E-state index is 0.232. The van der Waals surface area contributed by atoms with Crippen LogP contribution in [0.15, 0.2) is 30.7 Å². The first-order valence-electron chi connectivity index (χ1n) is 5.55. The highest BCUT2D eigenvalue weighted by Crippen LogP contribution is 2.20. The van der Waals surface area contributed by atoms with Crippen molar-refractivity contribution in [1.82, 2.24) is 14.5 Å². The Hall–Kier alpha value is -1.39. The largest absolute Gasteiger partial charge is 0.396 e. The fourth-order valence-corrected chi connectivity index (χ4v) is 1.86. The van der Waals surface area contributed by atoms with Crippen LogP contribution in [-0.4, -0.2) is 26.2 Å². The summed E-state index contributed by atoms with van der Waals surface area (Å²) in [6, 6.07) is 5.72. The Bertz CT molecular complexity index is 484. The molecular weight excluding hydrogens is 238 g/mol. The molecule has 5 heteroatoms. The topological polar surface area (TPSA) is 50.9 Å². The molecule has 0 unspecified atom stereocenters. The average molecular weight is 252 g/mol. The molecule has 0 radical (unpaired) electrons. The van der Waals surface area contributed by atoms with Gasteiger partial charge in [0, 0.05) is 25.4 Å². The highest BCUT2D eigenvalue weighted by atomic mass is 35.5. The molecule has 17 heavy (non-hydrogen) atoms. The number of rotatable bonds is 5. The lowest BCUT2D eigenvalue weighted by Crippen LogP contribution is -2.00. The lowest BCUT2D eigenvalue weighted by Gasteiger charge is -2.08. The van der Waals surface area contributed by atoms with Crippen molar-refractivity contribution in [2.75, 3.05) is 6.61 Å². The Morgan fingerprint density at radius 1 is 1.29 bits per heavy atom. The fourth-order valence-electron chi connectivity index (χ4n) is 1.71. The molecule has 0 aliphatic rings. The molecule has 2 rings (SSSR count). The molecule has 0 saturated carbocycles. The monoisotopic (exact) mass is 251 g/mol. The second-order valence-corrected chi connectivity index (χ2v) is 4.13. The molecule has 0 spiro atoms. The second kappa shape index (κ2) is 5.80. The maximum Gasteiger partial charge on any atom is 0.133 e. The van der Waals surface area contributed by atoms with Gasteiger partial charge in [0.05, 0.1) is 11.4 Å². The molecule has 0 atom stereocenters. The number of hydrogen-bond acceptors (Lipinski definition) is 3. The van der Waals surface area contributed by atoms with E-state index < -0.39 is 0 Å². The predicted molar refractivity (Wildman–Crippen MR) is 66.8 cm³/mol. The van der Waals surface area contributed by atoms with Crippen LogP contribution in [0.2, 0.25) is 5.15 Å². The first kappa shape index (κ1) is 12.1. The highest BCUT2D eigenvalue weighted by molar-refractivity contribution is 6.29. The molecule has 2 heterocycles. The summed E-state index contributed by atoms with van der Waals surface area (Å²) in [4.78, 5) is 8.07. The van der Waals surface area contributed by atoms with Crippen molar-refractivity contribution in [2.24, 2.45) is 0 Å². The fraction of sp³-hybridized carbons (Fsp3) is 0.333. The number of hydrogen-bond donors (Lipinski definition) is 1. The van der Waals surface area contributed by atoms with Crippen LogP contribution in [0.1, 0.15) is 12.8 Å². The molecule has 90 valence electrons. The van der Waals surface area contributed by atoms with Gasteiger partial charge in [-0.2, -0.15) is 0 Å². The van der Waals surface area contributed by atoms with E-state index in [1.807, 2.05) is 18.3 Å². The molecule has 0 aromatic carbocycles. The average Bonchev–Trinajstić information content (AvgIpc) is 2.78. The van der Waals surface area contributed by atoms with Gasteiger partial charge in [0.2, 0.25) is 0 Å². The van der Waals surface area contributed by atoms with Crippen LogP contribution >= 0.6 is 11.6 Å². The van der Waals surface area contributed by atoms with Crippen molar-refractivity contribution >= 4 is 11.6 Å². The van der Waals surface area contributed by atoms with E-state index in [-0.39, 0.29) is 6.61 Å². The third-order valence-electron chi connectivity index (χ3n) is 2.53. The predicted octanol–water partition coefficient (Wildman–Crippen LogP) is 2.37. The summed E-state index contributed by atoms with van der Waals surface area (Å²) in [6.07, 6.45) is 5.21. The van der Waals surface area contributed by atoms with Crippen molar-refractivity contribution in [3.63, 3.8) is 0 Å². The molecule has 2 aromatic rings. The van der Waals surface area contributed by atoms with Crippen LogP contribution < -0.4 is 0 Å². The molecule has 0 amide bonds. The molecule has 0 bridgehead atoms. The van der Waals surface area contributed by atoms with Gasteiger partial charge in [0.1, 0.15) is 11.5 Å². The summed E-state index contributed by atoms with van der Waals surface area (Å²) in [5.41, 5.74) is 1.84. The van der Waals surface area contributed by atoms with Gasteiger partial charge in [0.25, 0.3) is 0 Å². The molecule has 1 N–H and O–H groups in total. The Morgan fingerprint density at radius 2 is 2.18 bits per heavy atom. The molecule has 0 aliphatic carbocycles. The molecule has 0 fully saturated rings. The number of aryl methyl sites for hydroxylation is 1. The Balaban J connectivity index is 2.18. The van der Waals surface area contributed by atoms with E-state index in [0.29, 0.717) is 5.15 Å². The number of aromatic nitrogens is 3. The van der Waals surface area contributed by atoms with E-state index in [4.69, 9.17) is 16.7 Å².